The standard InChI is InChI=1S/C14H12F2N2O4/c1-14(15,16)13-17-10(19)9(12(20)21-2)11(18-13)22-8-6-4-3-5-7-8/h3-7H,1-2H3,(H,17,18,19). The van der Waals surface area contributed by atoms with E-state index >= 15 is 0 Å². The summed E-state index contributed by atoms with van der Waals surface area (Å²) >= 11 is 0. The number of methoxy groups -OCH3 is 1. The van der Waals surface area contributed by atoms with Crippen molar-refractivity contribution in [3.63, 3.8) is 0 Å². The number of para-hydroxylation sites is 1. The van der Waals surface area contributed by atoms with Crippen molar-refractivity contribution < 1.29 is 23.0 Å². The molecule has 0 saturated carbocycles. The Morgan fingerprint density at radius 2 is 1.91 bits per heavy atom. The van der Waals surface area contributed by atoms with Crippen LogP contribution in [0.5, 0.6) is 11.6 Å². The average Bonchev–Trinajstić information content (AvgIpc) is 2.46. The van der Waals surface area contributed by atoms with Crippen molar-refractivity contribution in [3.8, 4) is 11.6 Å². The van der Waals surface area contributed by atoms with Crippen molar-refractivity contribution in [3.05, 3.63) is 52.1 Å². The van der Waals surface area contributed by atoms with E-state index in [2.05, 4.69) is 9.72 Å². The summed E-state index contributed by atoms with van der Waals surface area (Å²) in [5, 5.41) is 0. The third kappa shape index (κ3) is 3.27. The van der Waals surface area contributed by atoms with Crippen LogP contribution in [0.4, 0.5) is 8.78 Å². The average molecular weight is 310 g/mol. The fraction of sp³-hybridized carbons (Fsp3) is 0.214. The first-order valence-corrected chi connectivity index (χ1v) is 6.16. The van der Waals surface area contributed by atoms with Gasteiger partial charge in [-0.15, -0.1) is 0 Å². The number of aromatic amines is 1. The number of alkyl halides is 2. The topological polar surface area (TPSA) is 81.3 Å². The lowest BCUT2D eigenvalue weighted by Gasteiger charge is -2.13. The summed E-state index contributed by atoms with van der Waals surface area (Å²) < 4.78 is 36.5. The Balaban J connectivity index is 2.59. The van der Waals surface area contributed by atoms with Crippen LogP contribution in [0.2, 0.25) is 0 Å². The molecular weight excluding hydrogens is 298 g/mol. The number of hydrogen-bond acceptors (Lipinski definition) is 5. The highest BCUT2D eigenvalue weighted by Crippen LogP contribution is 2.27. The fourth-order valence-electron chi connectivity index (χ4n) is 1.62. The van der Waals surface area contributed by atoms with E-state index in [9.17, 15) is 18.4 Å². The first-order valence-electron chi connectivity index (χ1n) is 6.16. The van der Waals surface area contributed by atoms with Crippen LogP contribution in [0, 0.1) is 0 Å². The minimum Gasteiger partial charge on any atom is -0.465 e. The highest BCUT2D eigenvalue weighted by atomic mass is 19.3. The van der Waals surface area contributed by atoms with Gasteiger partial charge in [0.05, 0.1) is 7.11 Å². The van der Waals surface area contributed by atoms with Gasteiger partial charge in [0, 0.05) is 6.92 Å². The van der Waals surface area contributed by atoms with Crippen LogP contribution in [0.25, 0.3) is 0 Å². The van der Waals surface area contributed by atoms with Crippen LogP contribution in [-0.4, -0.2) is 23.0 Å². The maximum absolute atomic E-state index is 13.4. The first-order chi connectivity index (χ1) is 10.3. The van der Waals surface area contributed by atoms with Gasteiger partial charge in [0.1, 0.15) is 5.75 Å². The summed E-state index contributed by atoms with van der Waals surface area (Å²) in [5.41, 5.74) is -1.65. The van der Waals surface area contributed by atoms with Gasteiger partial charge in [-0.05, 0) is 12.1 Å². The number of carbonyl (C=O) groups is 1. The van der Waals surface area contributed by atoms with Crippen molar-refractivity contribution in [2.45, 2.75) is 12.8 Å². The van der Waals surface area contributed by atoms with Gasteiger partial charge in [0.2, 0.25) is 5.88 Å². The maximum Gasteiger partial charge on any atom is 0.349 e. The molecule has 0 aliphatic rings. The molecule has 0 atom stereocenters. The molecule has 0 fully saturated rings. The highest BCUT2D eigenvalue weighted by molar-refractivity contribution is 5.91. The van der Waals surface area contributed by atoms with Crippen molar-refractivity contribution in [1.29, 1.82) is 0 Å². The normalized spacial score (nSPS) is 11.1. The van der Waals surface area contributed by atoms with E-state index in [0.29, 0.717) is 6.92 Å². The summed E-state index contributed by atoms with van der Waals surface area (Å²) in [6.07, 6.45) is 0. The second-order valence-corrected chi connectivity index (χ2v) is 4.39. The van der Waals surface area contributed by atoms with E-state index in [4.69, 9.17) is 4.74 Å². The zero-order valence-corrected chi connectivity index (χ0v) is 11.7. The predicted molar refractivity (Wildman–Crippen MR) is 72.3 cm³/mol. The van der Waals surface area contributed by atoms with Crippen LogP contribution in [0.1, 0.15) is 23.1 Å². The van der Waals surface area contributed by atoms with Gasteiger partial charge in [-0.25, -0.2) is 4.79 Å². The van der Waals surface area contributed by atoms with E-state index in [1.165, 1.54) is 12.1 Å². The highest BCUT2D eigenvalue weighted by Gasteiger charge is 2.31. The lowest BCUT2D eigenvalue weighted by atomic mass is 10.3. The van der Waals surface area contributed by atoms with E-state index < -0.39 is 34.7 Å². The maximum atomic E-state index is 13.4. The molecule has 0 aliphatic heterocycles. The molecule has 22 heavy (non-hydrogen) atoms. The predicted octanol–water partition coefficient (Wildman–Crippen LogP) is 2.46. The second-order valence-electron chi connectivity index (χ2n) is 4.39. The van der Waals surface area contributed by atoms with Gasteiger partial charge in [0.25, 0.3) is 5.56 Å². The third-order valence-corrected chi connectivity index (χ3v) is 2.65. The fourth-order valence-corrected chi connectivity index (χ4v) is 1.62. The summed E-state index contributed by atoms with van der Waals surface area (Å²) in [6.45, 7) is 0.565. The second kappa shape index (κ2) is 5.92. The Bertz CT molecular complexity index is 739. The number of esters is 1. The molecule has 0 radical (unpaired) electrons. The van der Waals surface area contributed by atoms with E-state index in [-0.39, 0.29) is 5.75 Å². The van der Waals surface area contributed by atoms with Crippen LogP contribution in [0.3, 0.4) is 0 Å². The quantitative estimate of drug-likeness (QED) is 0.877. The summed E-state index contributed by atoms with van der Waals surface area (Å²) in [5.74, 6) is -5.65. The number of benzene rings is 1. The molecule has 1 heterocycles. The number of aromatic nitrogens is 2. The molecule has 0 spiro atoms. The van der Waals surface area contributed by atoms with E-state index in [1.807, 2.05) is 4.98 Å². The molecule has 6 nitrogen and oxygen atoms in total. The number of hydrogen-bond donors (Lipinski definition) is 1. The summed E-state index contributed by atoms with van der Waals surface area (Å²) in [6, 6.07) is 8.03. The Morgan fingerprint density at radius 3 is 2.45 bits per heavy atom. The number of halogens is 2. The van der Waals surface area contributed by atoms with Crippen molar-refractivity contribution >= 4 is 5.97 Å². The minimum absolute atomic E-state index is 0.233. The van der Waals surface area contributed by atoms with Gasteiger partial charge in [0.15, 0.2) is 11.4 Å². The monoisotopic (exact) mass is 310 g/mol. The van der Waals surface area contributed by atoms with E-state index in [1.54, 1.807) is 18.2 Å². The van der Waals surface area contributed by atoms with Crippen LogP contribution in [0.15, 0.2) is 35.1 Å². The molecule has 0 unspecified atom stereocenters. The molecule has 0 saturated heterocycles. The van der Waals surface area contributed by atoms with Gasteiger partial charge in [-0.2, -0.15) is 13.8 Å². The summed E-state index contributed by atoms with van der Waals surface area (Å²) in [4.78, 5) is 28.9. The minimum atomic E-state index is -3.40. The molecular formula is C14H12F2N2O4. The molecule has 116 valence electrons. The number of nitrogens with zero attached hydrogens (tertiary/aromatic N) is 1. The number of H-pyrrole nitrogens is 1. The summed E-state index contributed by atoms with van der Waals surface area (Å²) in [7, 11) is 1.05. The molecule has 1 aromatic heterocycles. The van der Waals surface area contributed by atoms with Crippen LogP contribution < -0.4 is 10.3 Å². The molecule has 0 aliphatic carbocycles. The van der Waals surface area contributed by atoms with E-state index in [0.717, 1.165) is 7.11 Å². The van der Waals surface area contributed by atoms with Crippen LogP contribution in [-0.2, 0) is 10.7 Å². The van der Waals surface area contributed by atoms with Crippen molar-refractivity contribution in [2.75, 3.05) is 7.11 Å². The smallest absolute Gasteiger partial charge is 0.349 e. The number of ether oxygens (including phenoxy) is 2. The van der Waals surface area contributed by atoms with Gasteiger partial charge in [-0.1, -0.05) is 18.2 Å². The molecule has 2 rings (SSSR count). The number of rotatable bonds is 4. The SMILES string of the molecule is COC(=O)c1c(Oc2ccccc2)nc(C(C)(F)F)[nH]c1=O. The Hall–Kier alpha value is -2.77. The number of nitrogens with one attached hydrogen (secondary N) is 1. The van der Waals surface area contributed by atoms with Gasteiger partial charge in [-0.3, -0.25) is 4.79 Å². The zero-order chi connectivity index (χ0) is 16.3. The lowest BCUT2D eigenvalue weighted by Crippen LogP contribution is -2.26. The molecule has 1 N–H and O–H groups in total. The molecule has 0 amide bonds. The Kier molecular flexibility index (Phi) is 4.20. The number of carbonyl (C=O) groups excluding carboxylic acids is 1. The first kappa shape index (κ1) is 15.6. The Labute approximate surface area is 123 Å². The lowest BCUT2D eigenvalue weighted by molar-refractivity contribution is 0.00668. The molecule has 1 aromatic carbocycles. The molecule has 0 bridgehead atoms. The molecule has 2 aromatic rings. The van der Waals surface area contributed by atoms with Gasteiger partial charge < -0.3 is 14.5 Å². The van der Waals surface area contributed by atoms with Crippen LogP contribution >= 0.6 is 0 Å². The molecule has 8 heteroatoms. The third-order valence-electron chi connectivity index (χ3n) is 2.65. The van der Waals surface area contributed by atoms with Gasteiger partial charge >= 0.3 is 11.9 Å². The zero-order valence-electron chi connectivity index (χ0n) is 11.7. The van der Waals surface area contributed by atoms with Crippen molar-refractivity contribution in [1.82, 2.24) is 9.97 Å². The van der Waals surface area contributed by atoms with Crippen molar-refractivity contribution in [2.24, 2.45) is 0 Å². The largest absolute Gasteiger partial charge is 0.465 e. The Morgan fingerprint density at radius 1 is 1.27 bits per heavy atom.